The predicted octanol–water partition coefficient (Wildman–Crippen LogP) is 0.648. The second-order valence-corrected chi connectivity index (χ2v) is 5.45. The number of nitrogens with zero attached hydrogens (tertiary/aromatic N) is 2. The Balaban J connectivity index is 4.47. The van der Waals surface area contributed by atoms with Gasteiger partial charge in [-0.25, -0.2) is 0 Å². The Kier molecular flexibility index (Phi) is 9.16. The second kappa shape index (κ2) is 9.72. The van der Waals surface area contributed by atoms with Crippen molar-refractivity contribution in [3.05, 3.63) is 0 Å². The molecule has 2 N–H and O–H groups in total. The van der Waals surface area contributed by atoms with Gasteiger partial charge in [0.05, 0.1) is 18.6 Å². The van der Waals surface area contributed by atoms with Crippen molar-refractivity contribution in [1.82, 2.24) is 9.80 Å². The average molecular weight is 288 g/mol. The molecular formula is C14H28N2O4. The van der Waals surface area contributed by atoms with Gasteiger partial charge in [-0.05, 0) is 13.3 Å². The standard InChI is InChI=1S/C14H28N2O4/c1-5-6-7-15(4)13(18)10-16(9-12(3)17)8-11(2)14(19)20/h11-12,17H,5-10H2,1-4H3,(H,19,20). The molecule has 6 nitrogen and oxygen atoms in total. The molecule has 20 heavy (non-hydrogen) atoms. The van der Waals surface area contributed by atoms with E-state index in [1.54, 1.807) is 30.7 Å². The fourth-order valence-electron chi connectivity index (χ4n) is 1.87. The van der Waals surface area contributed by atoms with E-state index in [0.29, 0.717) is 13.1 Å². The molecule has 0 aliphatic heterocycles. The van der Waals surface area contributed by atoms with Crippen LogP contribution in [0.2, 0.25) is 0 Å². The van der Waals surface area contributed by atoms with E-state index in [4.69, 9.17) is 5.11 Å². The molecule has 2 unspecified atom stereocenters. The first kappa shape index (κ1) is 18.9. The van der Waals surface area contributed by atoms with Gasteiger partial charge in [-0.1, -0.05) is 20.3 Å². The van der Waals surface area contributed by atoms with E-state index in [0.717, 1.165) is 12.8 Å². The van der Waals surface area contributed by atoms with E-state index in [1.165, 1.54) is 0 Å². The van der Waals surface area contributed by atoms with Crippen LogP contribution in [0.1, 0.15) is 33.6 Å². The second-order valence-electron chi connectivity index (χ2n) is 5.45. The highest BCUT2D eigenvalue weighted by Crippen LogP contribution is 2.03. The maximum absolute atomic E-state index is 12.0. The summed E-state index contributed by atoms with van der Waals surface area (Å²) in [5.74, 6) is -1.51. The molecule has 0 radical (unpaired) electrons. The van der Waals surface area contributed by atoms with Crippen LogP contribution in [0.3, 0.4) is 0 Å². The zero-order valence-corrected chi connectivity index (χ0v) is 13.0. The van der Waals surface area contributed by atoms with Crippen molar-refractivity contribution in [3.63, 3.8) is 0 Å². The third-order valence-corrected chi connectivity index (χ3v) is 3.11. The molecule has 1 amide bonds. The number of carbonyl (C=O) groups excluding carboxylic acids is 1. The summed E-state index contributed by atoms with van der Waals surface area (Å²) in [6.45, 7) is 6.69. The number of unbranched alkanes of at least 4 members (excludes halogenated alkanes) is 1. The molecule has 0 saturated carbocycles. The molecular weight excluding hydrogens is 260 g/mol. The Labute approximate surface area is 121 Å². The highest BCUT2D eigenvalue weighted by atomic mass is 16.4. The molecule has 2 atom stereocenters. The van der Waals surface area contributed by atoms with Crippen LogP contribution in [0.4, 0.5) is 0 Å². The number of aliphatic carboxylic acids is 1. The number of hydrogen-bond donors (Lipinski definition) is 2. The third kappa shape index (κ3) is 8.12. The van der Waals surface area contributed by atoms with E-state index in [1.807, 2.05) is 0 Å². The number of carbonyl (C=O) groups is 2. The monoisotopic (exact) mass is 288 g/mol. The molecule has 0 aliphatic carbocycles. The SMILES string of the molecule is CCCCN(C)C(=O)CN(CC(C)O)CC(C)C(=O)O. The molecule has 6 heteroatoms. The smallest absolute Gasteiger partial charge is 0.307 e. The van der Waals surface area contributed by atoms with Crippen molar-refractivity contribution in [3.8, 4) is 0 Å². The molecule has 0 aromatic rings. The van der Waals surface area contributed by atoms with Gasteiger partial charge in [0.1, 0.15) is 0 Å². The van der Waals surface area contributed by atoms with Gasteiger partial charge < -0.3 is 15.1 Å². The zero-order valence-electron chi connectivity index (χ0n) is 13.0. The topological polar surface area (TPSA) is 81.1 Å². The summed E-state index contributed by atoms with van der Waals surface area (Å²) in [5, 5.41) is 18.4. The number of amides is 1. The van der Waals surface area contributed by atoms with E-state index < -0.39 is 18.0 Å². The number of carboxylic acid groups (broad SMARTS) is 1. The van der Waals surface area contributed by atoms with E-state index in [-0.39, 0.29) is 19.0 Å². The van der Waals surface area contributed by atoms with Crippen molar-refractivity contribution in [1.29, 1.82) is 0 Å². The van der Waals surface area contributed by atoms with Crippen LogP contribution in [0.25, 0.3) is 0 Å². The lowest BCUT2D eigenvalue weighted by molar-refractivity contribution is -0.143. The largest absolute Gasteiger partial charge is 0.481 e. The molecule has 0 heterocycles. The van der Waals surface area contributed by atoms with Gasteiger partial charge in [0.15, 0.2) is 0 Å². The Bertz CT molecular complexity index is 308. The summed E-state index contributed by atoms with van der Waals surface area (Å²) in [6.07, 6.45) is 1.37. The van der Waals surface area contributed by atoms with Gasteiger partial charge >= 0.3 is 5.97 Å². The van der Waals surface area contributed by atoms with Crippen LogP contribution < -0.4 is 0 Å². The summed E-state index contributed by atoms with van der Waals surface area (Å²) in [4.78, 5) is 26.3. The number of carboxylic acids is 1. The summed E-state index contributed by atoms with van der Waals surface area (Å²) in [7, 11) is 1.75. The Morgan fingerprint density at radius 2 is 1.80 bits per heavy atom. The maximum Gasteiger partial charge on any atom is 0.307 e. The third-order valence-electron chi connectivity index (χ3n) is 3.11. The van der Waals surface area contributed by atoms with Crippen LogP contribution in [0.5, 0.6) is 0 Å². The van der Waals surface area contributed by atoms with Crippen molar-refractivity contribution in [2.45, 2.75) is 39.7 Å². The lowest BCUT2D eigenvalue weighted by Crippen LogP contribution is -2.44. The van der Waals surface area contributed by atoms with Crippen molar-refractivity contribution in [2.75, 3.05) is 33.2 Å². The van der Waals surface area contributed by atoms with E-state index in [9.17, 15) is 14.7 Å². The lowest BCUT2D eigenvalue weighted by atomic mass is 10.1. The molecule has 0 aliphatic rings. The average Bonchev–Trinajstić information content (AvgIpc) is 2.34. The Hall–Kier alpha value is -1.14. The lowest BCUT2D eigenvalue weighted by Gasteiger charge is -2.27. The van der Waals surface area contributed by atoms with Gasteiger partial charge in [0.2, 0.25) is 5.91 Å². The molecule has 0 bridgehead atoms. The number of likely N-dealkylation sites (N-methyl/N-ethyl adjacent to an activating group) is 1. The first-order chi connectivity index (χ1) is 9.27. The fraction of sp³-hybridized carbons (Fsp3) is 0.857. The summed E-state index contributed by atoms with van der Waals surface area (Å²) < 4.78 is 0. The highest BCUT2D eigenvalue weighted by Gasteiger charge is 2.20. The van der Waals surface area contributed by atoms with Crippen molar-refractivity contribution < 1.29 is 19.8 Å². The number of rotatable bonds is 10. The van der Waals surface area contributed by atoms with Crippen molar-refractivity contribution >= 4 is 11.9 Å². The number of aliphatic hydroxyl groups excluding tert-OH is 1. The fourth-order valence-corrected chi connectivity index (χ4v) is 1.87. The van der Waals surface area contributed by atoms with Crippen LogP contribution in [0.15, 0.2) is 0 Å². The van der Waals surface area contributed by atoms with Gasteiger partial charge in [-0.2, -0.15) is 0 Å². The minimum atomic E-state index is -0.896. The summed E-state index contributed by atoms with van der Waals surface area (Å²) >= 11 is 0. The molecule has 0 rings (SSSR count). The first-order valence-corrected chi connectivity index (χ1v) is 7.15. The Morgan fingerprint density at radius 1 is 1.20 bits per heavy atom. The summed E-state index contributed by atoms with van der Waals surface area (Å²) in [5.41, 5.74) is 0. The number of hydrogen-bond acceptors (Lipinski definition) is 4. The number of aliphatic hydroxyl groups is 1. The quantitative estimate of drug-likeness (QED) is 0.617. The predicted molar refractivity (Wildman–Crippen MR) is 77.5 cm³/mol. The molecule has 118 valence electrons. The molecule has 0 spiro atoms. The van der Waals surface area contributed by atoms with Crippen LogP contribution in [0, 0.1) is 5.92 Å². The first-order valence-electron chi connectivity index (χ1n) is 7.15. The van der Waals surface area contributed by atoms with Gasteiger partial charge in [0, 0.05) is 26.7 Å². The van der Waals surface area contributed by atoms with E-state index >= 15 is 0 Å². The minimum Gasteiger partial charge on any atom is -0.481 e. The maximum atomic E-state index is 12.0. The highest BCUT2D eigenvalue weighted by molar-refractivity contribution is 5.78. The minimum absolute atomic E-state index is 0.0447. The Morgan fingerprint density at radius 3 is 2.25 bits per heavy atom. The molecule has 0 aromatic heterocycles. The normalized spacial score (nSPS) is 14.1. The van der Waals surface area contributed by atoms with Gasteiger partial charge in [-0.3, -0.25) is 14.5 Å². The van der Waals surface area contributed by atoms with Crippen LogP contribution in [-0.4, -0.2) is 71.2 Å². The molecule has 0 fully saturated rings. The van der Waals surface area contributed by atoms with E-state index in [2.05, 4.69) is 6.92 Å². The zero-order chi connectivity index (χ0) is 15.7. The van der Waals surface area contributed by atoms with Crippen LogP contribution in [-0.2, 0) is 9.59 Å². The van der Waals surface area contributed by atoms with Gasteiger partial charge in [0.25, 0.3) is 0 Å². The van der Waals surface area contributed by atoms with Crippen molar-refractivity contribution in [2.24, 2.45) is 5.92 Å². The van der Waals surface area contributed by atoms with Crippen LogP contribution >= 0.6 is 0 Å². The summed E-state index contributed by atoms with van der Waals surface area (Å²) in [6, 6.07) is 0. The van der Waals surface area contributed by atoms with Gasteiger partial charge in [-0.15, -0.1) is 0 Å². The molecule has 0 saturated heterocycles. The molecule has 0 aromatic carbocycles.